The fourth-order valence-electron chi connectivity index (χ4n) is 5.70. The van der Waals surface area contributed by atoms with Gasteiger partial charge in [0.15, 0.2) is 5.54 Å². The van der Waals surface area contributed by atoms with Crippen LogP contribution in [0, 0.1) is 6.92 Å². The molecular formula is C35H26BrN5. The maximum atomic E-state index is 5.13. The Morgan fingerprint density at radius 1 is 0.659 bits per heavy atom. The zero-order valence-corrected chi connectivity index (χ0v) is 24.0. The maximum Gasteiger partial charge on any atom is 0.205 e. The molecule has 1 N–H and O–H groups in total. The van der Waals surface area contributed by atoms with Crippen molar-refractivity contribution in [3.8, 4) is 22.6 Å². The van der Waals surface area contributed by atoms with E-state index in [1.54, 1.807) is 4.80 Å². The summed E-state index contributed by atoms with van der Waals surface area (Å²) in [5, 5.41) is 15.7. The molecule has 0 bridgehead atoms. The minimum absolute atomic E-state index is 0.550. The van der Waals surface area contributed by atoms with Crippen molar-refractivity contribution in [1.29, 1.82) is 0 Å². The van der Waals surface area contributed by atoms with Crippen molar-refractivity contribution >= 4 is 26.8 Å². The smallest absolute Gasteiger partial charge is 0.205 e. The molecule has 5 nitrogen and oxygen atoms in total. The van der Waals surface area contributed by atoms with Crippen LogP contribution in [0.2, 0.25) is 0 Å². The van der Waals surface area contributed by atoms with Gasteiger partial charge in [-0.3, -0.25) is 0 Å². The highest BCUT2D eigenvalue weighted by Crippen LogP contribution is 2.42. The standard InChI is InChI=1S/C35H26BrN5/c1-24-21-22-31-30(23-24)32(36)33(37-31)28-19-11-12-20-29(28)34-38-40-41(39-34)35(25-13-5-2-6-14-25,26-15-7-3-8-16-26)27-17-9-4-10-18-27/h2-23,37H,1H3. The molecule has 198 valence electrons. The predicted octanol–water partition coefficient (Wildman–Crippen LogP) is 8.40. The molecule has 0 atom stereocenters. The monoisotopic (exact) mass is 595 g/mol. The quantitative estimate of drug-likeness (QED) is 0.196. The number of nitrogens with one attached hydrogen (secondary N) is 1. The summed E-state index contributed by atoms with van der Waals surface area (Å²) < 4.78 is 1.02. The van der Waals surface area contributed by atoms with Gasteiger partial charge in [0.25, 0.3) is 0 Å². The molecule has 6 heteroatoms. The van der Waals surface area contributed by atoms with E-state index in [9.17, 15) is 0 Å². The van der Waals surface area contributed by atoms with Gasteiger partial charge in [-0.05, 0) is 56.9 Å². The van der Waals surface area contributed by atoms with E-state index in [0.717, 1.165) is 48.9 Å². The number of hydrogen-bond donors (Lipinski definition) is 1. The SMILES string of the molecule is Cc1ccc2[nH]c(-c3ccccc3-c3nnn(C(c4ccccc4)(c4ccccc4)c4ccccc4)n3)c(Br)c2c1. The predicted molar refractivity (Wildman–Crippen MR) is 168 cm³/mol. The van der Waals surface area contributed by atoms with Gasteiger partial charge in [-0.15, -0.1) is 15.0 Å². The molecule has 41 heavy (non-hydrogen) atoms. The Bertz CT molecular complexity index is 1860. The number of tetrazole rings is 1. The van der Waals surface area contributed by atoms with E-state index in [4.69, 9.17) is 10.3 Å². The third-order valence-corrected chi connectivity index (χ3v) is 8.44. The van der Waals surface area contributed by atoms with Crippen LogP contribution >= 0.6 is 15.9 Å². The third kappa shape index (κ3) is 4.19. The van der Waals surface area contributed by atoms with Crippen LogP contribution in [0.15, 0.2) is 138 Å². The number of fused-ring (bicyclic) bond motifs is 1. The number of H-pyrrole nitrogens is 1. The second kappa shape index (κ2) is 10.3. The van der Waals surface area contributed by atoms with Gasteiger partial charge in [-0.2, -0.15) is 0 Å². The van der Waals surface area contributed by atoms with Gasteiger partial charge in [0.1, 0.15) is 0 Å². The second-order valence-electron chi connectivity index (χ2n) is 10.1. The van der Waals surface area contributed by atoms with Crippen molar-refractivity contribution < 1.29 is 0 Å². The number of benzene rings is 5. The van der Waals surface area contributed by atoms with Crippen LogP contribution < -0.4 is 0 Å². The average molecular weight is 597 g/mol. The fourth-order valence-corrected chi connectivity index (χ4v) is 6.34. The Labute approximate surface area is 246 Å². The molecule has 0 aliphatic rings. The number of aromatic amines is 1. The van der Waals surface area contributed by atoms with E-state index < -0.39 is 5.54 Å². The zero-order chi connectivity index (χ0) is 27.8. The van der Waals surface area contributed by atoms with Crippen molar-refractivity contribution in [3.63, 3.8) is 0 Å². The van der Waals surface area contributed by atoms with Gasteiger partial charge < -0.3 is 4.98 Å². The summed E-state index contributed by atoms with van der Waals surface area (Å²) in [6.45, 7) is 2.10. The minimum atomic E-state index is -0.830. The number of rotatable bonds is 6. The van der Waals surface area contributed by atoms with E-state index in [0.29, 0.717) is 5.82 Å². The molecule has 7 aromatic rings. The highest BCUT2D eigenvalue weighted by molar-refractivity contribution is 9.10. The number of hydrogen-bond acceptors (Lipinski definition) is 3. The summed E-state index contributed by atoms with van der Waals surface area (Å²) in [4.78, 5) is 5.37. The molecule has 5 aromatic carbocycles. The lowest BCUT2D eigenvalue weighted by atomic mass is 9.77. The van der Waals surface area contributed by atoms with Crippen LogP contribution in [0.4, 0.5) is 0 Å². The van der Waals surface area contributed by atoms with Gasteiger partial charge in [-0.25, -0.2) is 0 Å². The van der Waals surface area contributed by atoms with Gasteiger partial charge in [0.2, 0.25) is 5.82 Å². The molecule has 0 radical (unpaired) electrons. The van der Waals surface area contributed by atoms with Gasteiger partial charge in [-0.1, -0.05) is 127 Å². The summed E-state index contributed by atoms with van der Waals surface area (Å²) >= 11 is 3.87. The molecule has 2 heterocycles. The Morgan fingerprint density at radius 2 is 1.20 bits per heavy atom. The number of aryl methyl sites for hydroxylation is 1. The summed E-state index contributed by atoms with van der Waals surface area (Å²) in [6.07, 6.45) is 0. The highest BCUT2D eigenvalue weighted by atomic mass is 79.9. The molecule has 7 rings (SSSR count). The topological polar surface area (TPSA) is 59.4 Å². The summed E-state index contributed by atoms with van der Waals surface area (Å²) in [6, 6.07) is 45.8. The largest absolute Gasteiger partial charge is 0.354 e. The van der Waals surface area contributed by atoms with Crippen LogP contribution in [0.3, 0.4) is 0 Å². The zero-order valence-electron chi connectivity index (χ0n) is 22.4. The van der Waals surface area contributed by atoms with Crippen molar-refractivity contribution in [2.24, 2.45) is 0 Å². The molecule has 0 spiro atoms. The Morgan fingerprint density at radius 3 is 1.78 bits per heavy atom. The van der Waals surface area contributed by atoms with Crippen LogP contribution in [0.1, 0.15) is 22.3 Å². The number of aromatic nitrogens is 5. The summed E-state index contributed by atoms with van der Waals surface area (Å²) in [5.41, 5.74) is 7.46. The third-order valence-electron chi connectivity index (χ3n) is 7.62. The van der Waals surface area contributed by atoms with Crippen molar-refractivity contribution in [2.75, 3.05) is 0 Å². The summed E-state index contributed by atoms with van der Waals surface area (Å²) in [7, 11) is 0. The molecule has 0 aliphatic heterocycles. The minimum Gasteiger partial charge on any atom is -0.354 e. The highest BCUT2D eigenvalue weighted by Gasteiger charge is 2.41. The first-order valence-electron chi connectivity index (χ1n) is 13.5. The first kappa shape index (κ1) is 25.2. The number of nitrogens with zero attached hydrogens (tertiary/aromatic N) is 4. The Balaban J connectivity index is 1.45. The molecule has 0 saturated heterocycles. The lowest BCUT2D eigenvalue weighted by Gasteiger charge is -2.34. The number of halogens is 1. The fraction of sp³-hybridized carbons (Fsp3) is 0.0571. The van der Waals surface area contributed by atoms with Crippen LogP contribution in [0.25, 0.3) is 33.5 Å². The molecule has 0 unspecified atom stereocenters. The maximum absolute atomic E-state index is 5.13. The first-order chi connectivity index (χ1) is 20.2. The molecule has 0 aliphatic carbocycles. The van der Waals surface area contributed by atoms with Gasteiger partial charge in [0.05, 0.1) is 10.2 Å². The average Bonchev–Trinajstić information content (AvgIpc) is 3.64. The lowest BCUT2D eigenvalue weighted by molar-refractivity contribution is 0.396. The van der Waals surface area contributed by atoms with E-state index in [1.807, 2.05) is 30.3 Å². The van der Waals surface area contributed by atoms with Crippen LogP contribution in [-0.4, -0.2) is 25.2 Å². The normalized spacial score (nSPS) is 11.7. The Kier molecular flexibility index (Phi) is 6.33. The van der Waals surface area contributed by atoms with Crippen LogP contribution in [0.5, 0.6) is 0 Å². The van der Waals surface area contributed by atoms with E-state index in [1.165, 1.54) is 5.56 Å². The molecule has 0 amide bonds. The lowest BCUT2D eigenvalue weighted by Crippen LogP contribution is -2.39. The van der Waals surface area contributed by atoms with E-state index in [2.05, 4.69) is 136 Å². The van der Waals surface area contributed by atoms with Crippen molar-refractivity contribution in [3.05, 3.63) is 160 Å². The van der Waals surface area contributed by atoms with Gasteiger partial charge >= 0.3 is 0 Å². The van der Waals surface area contributed by atoms with E-state index in [-0.39, 0.29) is 0 Å². The van der Waals surface area contributed by atoms with Crippen molar-refractivity contribution in [2.45, 2.75) is 12.5 Å². The molecule has 0 saturated carbocycles. The molecule has 0 fully saturated rings. The molecule has 2 aromatic heterocycles. The van der Waals surface area contributed by atoms with E-state index >= 15 is 0 Å². The van der Waals surface area contributed by atoms with Gasteiger partial charge in [0, 0.05) is 22.0 Å². The van der Waals surface area contributed by atoms with Crippen molar-refractivity contribution in [1.82, 2.24) is 25.2 Å². The second-order valence-corrected chi connectivity index (χ2v) is 10.9. The Hall–Kier alpha value is -4.81. The molecular weight excluding hydrogens is 570 g/mol. The summed E-state index contributed by atoms with van der Waals surface area (Å²) in [5.74, 6) is 0.550. The van der Waals surface area contributed by atoms with Crippen LogP contribution in [-0.2, 0) is 5.54 Å². The first-order valence-corrected chi connectivity index (χ1v) is 14.3.